The first-order valence-electron chi connectivity index (χ1n) is 6.62. The first kappa shape index (κ1) is 11.2. The maximum absolute atomic E-state index is 4.74. The summed E-state index contributed by atoms with van der Waals surface area (Å²) in [6, 6.07) is 16.4. The van der Waals surface area contributed by atoms with Gasteiger partial charge in [0, 0.05) is 17.3 Å². The molecule has 20 heavy (non-hydrogen) atoms. The molecule has 0 fully saturated rings. The summed E-state index contributed by atoms with van der Waals surface area (Å²) in [7, 11) is 0. The third-order valence-electron chi connectivity index (χ3n) is 3.60. The predicted octanol–water partition coefficient (Wildman–Crippen LogP) is 4.05. The van der Waals surface area contributed by atoms with Crippen molar-refractivity contribution in [3.8, 4) is 0 Å². The van der Waals surface area contributed by atoms with Gasteiger partial charge in [-0.1, -0.05) is 30.3 Å². The zero-order valence-corrected chi connectivity index (χ0v) is 11.1. The molecule has 1 aliphatic rings. The lowest BCUT2D eigenvalue weighted by molar-refractivity contribution is 1.22. The lowest BCUT2D eigenvalue weighted by Crippen LogP contribution is -2.18. The van der Waals surface area contributed by atoms with Crippen molar-refractivity contribution in [2.24, 2.45) is 4.99 Å². The second kappa shape index (κ2) is 4.17. The quantitative estimate of drug-likeness (QED) is 0.716. The van der Waals surface area contributed by atoms with E-state index in [0.717, 1.165) is 28.5 Å². The van der Waals surface area contributed by atoms with Crippen LogP contribution in [0.15, 0.2) is 59.7 Å². The van der Waals surface area contributed by atoms with Gasteiger partial charge in [0.05, 0.1) is 5.69 Å². The summed E-state index contributed by atoms with van der Waals surface area (Å²) in [5, 5.41) is 5.78. The summed E-state index contributed by atoms with van der Waals surface area (Å²) in [5.41, 5.74) is 4.11. The number of hydrogen-bond acceptors (Lipinski definition) is 3. The van der Waals surface area contributed by atoms with Gasteiger partial charge in [-0.15, -0.1) is 0 Å². The van der Waals surface area contributed by atoms with Gasteiger partial charge in [0.15, 0.2) is 5.84 Å². The minimum atomic E-state index is 0.814. The first-order chi connectivity index (χ1) is 9.83. The number of hydrogen-bond donors (Lipinski definition) is 1. The zero-order valence-electron chi connectivity index (χ0n) is 11.1. The van der Waals surface area contributed by atoms with E-state index in [0.29, 0.717) is 0 Å². The summed E-state index contributed by atoms with van der Waals surface area (Å²) in [6.45, 7) is 2.05. The molecule has 0 saturated carbocycles. The first-order valence-corrected chi connectivity index (χ1v) is 6.62. The Kier molecular flexibility index (Phi) is 2.33. The Morgan fingerprint density at radius 2 is 1.80 bits per heavy atom. The molecule has 3 heteroatoms. The Morgan fingerprint density at radius 1 is 0.950 bits per heavy atom. The normalized spacial score (nSPS) is 12.9. The third-order valence-corrected chi connectivity index (χ3v) is 3.60. The van der Waals surface area contributed by atoms with E-state index < -0.39 is 0 Å². The summed E-state index contributed by atoms with van der Waals surface area (Å²) in [5.74, 6) is 0.814. The van der Waals surface area contributed by atoms with Crippen LogP contribution in [0.5, 0.6) is 0 Å². The highest BCUT2D eigenvalue weighted by atomic mass is 15.0. The smallest absolute Gasteiger partial charge is 0.157 e. The number of pyridine rings is 1. The predicted molar refractivity (Wildman–Crippen MR) is 82.7 cm³/mol. The second-order valence-corrected chi connectivity index (χ2v) is 4.94. The Bertz CT molecular complexity index is 844. The molecule has 0 unspecified atom stereocenters. The molecule has 0 radical (unpaired) electrons. The molecule has 1 aromatic heterocycles. The van der Waals surface area contributed by atoms with Gasteiger partial charge in [-0.25, -0.2) is 4.99 Å². The van der Waals surface area contributed by atoms with Crippen molar-refractivity contribution < 1.29 is 0 Å². The van der Waals surface area contributed by atoms with E-state index in [4.69, 9.17) is 4.99 Å². The molecule has 0 aliphatic carbocycles. The van der Waals surface area contributed by atoms with E-state index in [1.807, 2.05) is 31.2 Å². The van der Waals surface area contributed by atoms with E-state index in [1.165, 1.54) is 10.8 Å². The lowest BCUT2D eigenvalue weighted by atomic mass is 10.0. The number of nitrogens with one attached hydrogen (secondary N) is 1. The molecule has 0 atom stereocenters. The summed E-state index contributed by atoms with van der Waals surface area (Å²) in [4.78, 5) is 9.18. The molecule has 4 rings (SSSR count). The minimum Gasteiger partial charge on any atom is -0.338 e. The molecule has 1 aliphatic heterocycles. The molecule has 0 spiro atoms. The number of aliphatic imine (C=N–C) groups is 1. The largest absolute Gasteiger partial charge is 0.338 e. The average Bonchev–Trinajstić information content (AvgIpc) is 2.48. The van der Waals surface area contributed by atoms with Crippen molar-refractivity contribution in [2.75, 3.05) is 5.32 Å². The van der Waals surface area contributed by atoms with Gasteiger partial charge in [-0.05, 0) is 36.1 Å². The standard InChI is InChI=1S/C17H13N3/c1-11-5-4-10-18-16(11)17-19-13-8-2-6-12-7-3-9-14(20-17)15(12)13/h2-10H,1H3,(H,19,20). The van der Waals surface area contributed by atoms with Gasteiger partial charge in [0.2, 0.25) is 0 Å². The number of rotatable bonds is 1. The van der Waals surface area contributed by atoms with Crippen LogP contribution in [0.2, 0.25) is 0 Å². The van der Waals surface area contributed by atoms with Crippen molar-refractivity contribution in [3.05, 3.63) is 66.0 Å². The monoisotopic (exact) mass is 259 g/mol. The van der Waals surface area contributed by atoms with Crippen LogP contribution in [0, 0.1) is 6.92 Å². The van der Waals surface area contributed by atoms with Gasteiger partial charge in [0.25, 0.3) is 0 Å². The van der Waals surface area contributed by atoms with E-state index >= 15 is 0 Å². The molecular formula is C17H13N3. The van der Waals surface area contributed by atoms with Crippen molar-refractivity contribution in [2.45, 2.75) is 6.92 Å². The van der Waals surface area contributed by atoms with Gasteiger partial charge in [-0.2, -0.15) is 0 Å². The molecule has 2 heterocycles. The van der Waals surface area contributed by atoms with Crippen molar-refractivity contribution in [1.29, 1.82) is 0 Å². The van der Waals surface area contributed by atoms with Crippen LogP contribution in [-0.4, -0.2) is 10.8 Å². The SMILES string of the molecule is Cc1cccnc1C1=Nc2cccc3cccc(c23)N1. The van der Waals surface area contributed by atoms with Gasteiger partial charge >= 0.3 is 0 Å². The fourth-order valence-electron chi connectivity index (χ4n) is 2.64. The molecule has 1 N–H and O–H groups in total. The van der Waals surface area contributed by atoms with Crippen molar-refractivity contribution in [3.63, 3.8) is 0 Å². The third kappa shape index (κ3) is 1.60. The van der Waals surface area contributed by atoms with Crippen LogP contribution in [0.3, 0.4) is 0 Å². The van der Waals surface area contributed by atoms with Crippen LogP contribution in [0.25, 0.3) is 10.8 Å². The maximum Gasteiger partial charge on any atom is 0.157 e. The highest BCUT2D eigenvalue weighted by molar-refractivity contribution is 6.18. The van der Waals surface area contributed by atoms with Gasteiger partial charge in [0.1, 0.15) is 5.69 Å². The molecule has 96 valence electrons. The van der Waals surface area contributed by atoms with Crippen LogP contribution < -0.4 is 5.32 Å². The van der Waals surface area contributed by atoms with Crippen molar-refractivity contribution >= 4 is 28.0 Å². The Morgan fingerprint density at radius 3 is 2.65 bits per heavy atom. The van der Waals surface area contributed by atoms with Gasteiger partial charge in [-0.3, -0.25) is 4.98 Å². The fourth-order valence-corrected chi connectivity index (χ4v) is 2.64. The summed E-state index contributed by atoms with van der Waals surface area (Å²) < 4.78 is 0. The van der Waals surface area contributed by atoms with Crippen molar-refractivity contribution in [1.82, 2.24) is 4.98 Å². The van der Waals surface area contributed by atoms with E-state index in [2.05, 4.69) is 34.6 Å². The Labute approximate surface area is 117 Å². The Balaban J connectivity index is 1.97. The number of aromatic nitrogens is 1. The molecule has 0 saturated heterocycles. The number of amidine groups is 1. The molecule has 3 aromatic rings. The molecule has 2 aromatic carbocycles. The summed E-state index contributed by atoms with van der Waals surface area (Å²) in [6.07, 6.45) is 1.80. The number of aryl methyl sites for hydroxylation is 1. The van der Waals surface area contributed by atoms with Crippen LogP contribution in [-0.2, 0) is 0 Å². The van der Waals surface area contributed by atoms with E-state index in [9.17, 15) is 0 Å². The van der Waals surface area contributed by atoms with Crippen LogP contribution in [0.1, 0.15) is 11.3 Å². The molecule has 0 bridgehead atoms. The maximum atomic E-state index is 4.74. The number of anilines is 1. The van der Waals surface area contributed by atoms with Crippen LogP contribution >= 0.6 is 0 Å². The number of benzene rings is 2. The van der Waals surface area contributed by atoms with E-state index in [-0.39, 0.29) is 0 Å². The highest BCUT2D eigenvalue weighted by Crippen LogP contribution is 2.36. The topological polar surface area (TPSA) is 37.3 Å². The van der Waals surface area contributed by atoms with Gasteiger partial charge < -0.3 is 5.32 Å². The summed E-state index contributed by atoms with van der Waals surface area (Å²) >= 11 is 0. The van der Waals surface area contributed by atoms with Crippen LogP contribution in [0.4, 0.5) is 11.4 Å². The average molecular weight is 259 g/mol. The molecule has 3 nitrogen and oxygen atoms in total. The minimum absolute atomic E-state index is 0.814. The fraction of sp³-hybridized carbons (Fsp3) is 0.0588. The molecular weight excluding hydrogens is 246 g/mol. The number of nitrogens with zero attached hydrogens (tertiary/aromatic N) is 2. The Hall–Kier alpha value is -2.68. The second-order valence-electron chi connectivity index (χ2n) is 4.94. The van der Waals surface area contributed by atoms with E-state index in [1.54, 1.807) is 6.20 Å². The molecule has 0 amide bonds. The highest BCUT2D eigenvalue weighted by Gasteiger charge is 2.17. The lowest BCUT2D eigenvalue weighted by Gasteiger charge is -2.19. The zero-order chi connectivity index (χ0) is 13.5.